The Morgan fingerprint density at radius 1 is 1.12 bits per heavy atom. The van der Waals surface area contributed by atoms with Gasteiger partial charge in [0.25, 0.3) is 11.8 Å². The summed E-state index contributed by atoms with van der Waals surface area (Å²) in [4.78, 5) is 13.1. The van der Waals surface area contributed by atoms with Gasteiger partial charge in [-0.15, -0.1) is 0 Å². The third-order valence-corrected chi connectivity index (χ3v) is 7.90. The average molecular weight is 497 g/mol. The van der Waals surface area contributed by atoms with Crippen molar-refractivity contribution in [2.45, 2.75) is 52.5 Å². The highest BCUT2D eigenvalue weighted by molar-refractivity contribution is 7.89. The number of amides is 1. The van der Waals surface area contributed by atoms with Crippen LogP contribution in [0.4, 0.5) is 14.5 Å². The zero-order valence-corrected chi connectivity index (χ0v) is 21.2. The van der Waals surface area contributed by atoms with Crippen molar-refractivity contribution in [1.82, 2.24) is 14.2 Å². The number of alkyl halides is 2. The van der Waals surface area contributed by atoms with Crippen molar-refractivity contribution in [3.8, 4) is 0 Å². The van der Waals surface area contributed by atoms with Gasteiger partial charge in [-0.3, -0.25) is 4.79 Å². The van der Waals surface area contributed by atoms with E-state index in [1.54, 1.807) is 19.1 Å². The molecule has 3 rings (SSSR count). The van der Waals surface area contributed by atoms with Crippen LogP contribution in [-0.4, -0.2) is 55.1 Å². The SMILES string of the molecule is Cc1c(C(=O)Nc2cccc(C(C)(F)F)c2)cc(C(C)(C)C)n1CCS(=O)(=O)N1CCNCC1. The number of halogens is 2. The number of hydrogen-bond donors (Lipinski definition) is 2. The number of carbonyl (C=O) groups excluding carboxylic acids is 1. The Morgan fingerprint density at radius 3 is 2.35 bits per heavy atom. The number of hydrogen-bond acceptors (Lipinski definition) is 4. The van der Waals surface area contributed by atoms with E-state index in [4.69, 9.17) is 0 Å². The summed E-state index contributed by atoms with van der Waals surface area (Å²) in [5.41, 5.74) is 1.60. The Bertz CT molecular complexity index is 1140. The number of rotatable bonds is 7. The normalized spacial score (nSPS) is 16.0. The molecule has 188 valence electrons. The van der Waals surface area contributed by atoms with E-state index in [1.165, 1.54) is 22.5 Å². The summed E-state index contributed by atoms with van der Waals surface area (Å²) in [5.74, 6) is -3.52. The van der Waals surface area contributed by atoms with Crippen LogP contribution < -0.4 is 10.6 Å². The maximum absolute atomic E-state index is 13.7. The van der Waals surface area contributed by atoms with Gasteiger partial charge in [-0.25, -0.2) is 17.2 Å². The first-order chi connectivity index (χ1) is 15.7. The van der Waals surface area contributed by atoms with Crippen LogP contribution >= 0.6 is 0 Å². The van der Waals surface area contributed by atoms with Gasteiger partial charge >= 0.3 is 0 Å². The minimum absolute atomic E-state index is 0.0692. The average Bonchev–Trinajstić information content (AvgIpc) is 3.09. The second-order valence-electron chi connectivity index (χ2n) is 9.82. The van der Waals surface area contributed by atoms with Crippen LogP contribution in [0.15, 0.2) is 30.3 Å². The van der Waals surface area contributed by atoms with Crippen molar-refractivity contribution in [2.75, 3.05) is 37.2 Å². The van der Waals surface area contributed by atoms with Crippen LogP contribution in [0.25, 0.3) is 0 Å². The van der Waals surface area contributed by atoms with E-state index in [2.05, 4.69) is 10.6 Å². The first kappa shape index (κ1) is 26.3. The molecule has 0 radical (unpaired) electrons. The molecule has 0 spiro atoms. The van der Waals surface area contributed by atoms with Gasteiger partial charge in [-0.05, 0) is 25.1 Å². The molecule has 7 nitrogen and oxygen atoms in total. The molecule has 0 saturated carbocycles. The maximum Gasteiger partial charge on any atom is 0.270 e. The third kappa shape index (κ3) is 6.03. The number of nitrogens with one attached hydrogen (secondary N) is 2. The van der Waals surface area contributed by atoms with Crippen LogP contribution in [-0.2, 0) is 27.9 Å². The summed E-state index contributed by atoms with van der Waals surface area (Å²) < 4.78 is 56.5. The van der Waals surface area contributed by atoms with Crippen molar-refractivity contribution in [2.24, 2.45) is 0 Å². The minimum Gasteiger partial charge on any atom is -0.346 e. The lowest BCUT2D eigenvalue weighted by Gasteiger charge is -2.27. The predicted molar refractivity (Wildman–Crippen MR) is 130 cm³/mol. The van der Waals surface area contributed by atoms with Crippen molar-refractivity contribution in [1.29, 1.82) is 0 Å². The van der Waals surface area contributed by atoms with E-state index >= 15 is 0 Å². The molecule has 1 fully saturated rings. The molecule has 1 amide bonds. The molecule has 1 saturated heterocycles. The highest BCUT2D eigenvalue weighted by Crippen LogP contribution is 2.30. The van der Waals surface area contributed by atoms with Crippen molar-refractivity contribution < 1.29 is 22.0 Å². The molecule has 1 aromatic carbocycles. The monoisotopic (exact) mass is 496 g/mol. The first-order valence-electron chi connectivity index (χ1n) is 11.4. The summed E-state index contributed by atoms with van der Waals surface area (Å²) in [6.45, 7) is 10.9. The van der Waals surface area contributed by atoms with Crippen molar-refractivity contribution >= 4 is 21.6 Å². The fourth-order valence-corrected chi connectivity index (χ4v) is 5.52. The predicted octanol–water partition coefficient (Wildman–Crippen LogP) is 3.69. The fraction of sp³-hybridized carbons (Fsp3) is 0.542. The number of nitrogens with zero attached hydrogens (tertiary/aromatic N) is 2. The molecule has 34 heavy (non-hydrogen) atoms. The third-order valence-electron chi connectivity index (χ3n) is 6.05. The highest BCUT2D eigenvalue weighted by atomic mass is 32.2. The minimum atomic E-state index is -3.44. The van der Waals surface area contributed by atoms with E-state index in [0.717, 1.165) is 12.6 Å². The smallest absolute Gasteiger partial charge is 0.270 e. The standard InChI is InChI=1S/C24H34F2N4O3S/c1-17-20(22(31)28-19-8-6-7-18(15-19)24(5,25)26)16-21(23(2,3)4)30(17)13-14-34(32,33)29-11-9-27-10-12-29/h6-8,15-16,27H,9-14H2,1-5H3,(H,28,31). The Hall–Kier alpha value is -2.30. The number of benzene rings is 1. The summed E-state index contributed by atoms with van der Waals surface area (Å²) in [6, 6.07) is 7.37. The second-order valence-corrected chi connectivity index (χ2v) is 11.9. The lowest BCUT2D eigenvalue weighted by molar-refractivity contribution is 0.0175. The number of carbonyl (C=O) groups is 1. The van der Waals surface area contributed by atoms with Gasteiger partial charge in [0.15, 0.2) is 0 Å². The summed E-state index contributed by atoms with van der Waals surface area (Å²) in [5, 5.41) is 5.86. The maximum atomic E-state index is 13.7. The molecule has 1 aliphatic rings. The number of sulfonamides is 1. The van der Waals surface area contributed by atoms with Crippen molar-refractivity contribution in [3.63, 3.8) is 0 Å². The van der Waals surface area contributed by atoms with Gasteiger partial charge in [0.1, 0.15) is 0 Å². The molecule has 10 heteroatoms. The molecule has 0 bridgehead atoms. The van der Waals surface area contributed by atoms with Gasteiger partial charge < -0.3 is 15.2 Å². The van der Waals surface area contributed by atoms with Gasteiger partial charge in [-0.2, -0.15) is 4.31 Å². The van der Waals surface area contributed by atoms with Crippen LogP contribution in [0.1, 0.15) is 55.0 Å². The van der Waals surface area contributed by atoms with E-state index in [-0.39, 0.29) is 29.0 Å². The van der Waals surface area contributed by atoms with Crippen LogP contribution in [0.2, 0.25) is 0 Å². The quantitative estimate of drug-likeness (QED) is 0.613. The van der Waals surface area contributed by atoms with E-state index in [0.29, 0.717) is 37.4 Å². The van der Waals surface area contributed by atoms with E-state index in [9.17, 15) is 22.0 Å². The van der Waals surface area contributed by atoms with Gasteiger partial charge in [0, 0.05) is 67.7 Å². The number of aromatic nitrogens is 1. The molecule has 0 atom stereocenters. The Labute approximate surface area is 200 Å². The molecular weight excluding hydrogens is 462 g/mol. The molecule has 1 aliphatic heterocycles. The van der Waals surface area contributed by atoms with Crippen molar-refractivity contribution in [3.05, 3.63) is 52.8 Å². The van der Waals surface area contributed by atoms with Gasteiger partial charge in [-0.1, -0.05) is 32.9 Å². The number of anilines is 1. The topological polar surface area (TPSA) is 83.4 Å². The molecule has 2 aromatic rings. The van der Waals surface area contributed by atoms with Crippen LogP contribution in [0.5, 0.6) is 0 Å². The lowest BCUT2D eigenvalue weighted by atomic mass is 9.92. The van der Waals surface area contributed by atoms with E-state index in [1.807, 2.05) is 25.3 Å². The summed E-state index contributed by atoms with van der Waals surface area (Å²) in [7, 11) is -3.44. The number of piperazine rings is 1. The fourth-order valence-electron chi connectivity index (χ4n) is 4.11. The van der Waals surface area contributed by atoms with Crippen LogP contribution in [0.3, 0.4) is 0 Å². The summed E-state index contributed by atoms with van der Waals surface area (Å²) in [6.07, 6.45) is 0. The van der Waals surface area contributed by atoms with Crippen LogP contribution in [0, 0.1) is 6.92 Å². The first-order valence-corrected chi connectivity index (χ1v) is 13.0. The largest absolute Gasteiger partial charge is 0.346 e. The highest BCUT2D eigenvalue weighted by Gasteiger charge is 2.29. The molecule has 1 aromatic heterocycles. The zero-order chi connectivity index (χ0) is 25.3. The molecule has 2 N–H and O–H groups in total. The zero-order valence-electron chi connectivity index (χ0n) is 20.4. The molecular formula is C24H34F2N4O3S. The Morgan fingerprint density at radius 2 is 1.76 bits per heavy atom. The molecule has 0 unspecified atom stereocenters. The van der Waals surface area contributed by atoms with E-state index < -0.39 is 21.9 Å². The Balaban J connectivity index is 1.86. The molecule has 2 heterocycles. The Kier molecular flexibility index (Phi) is 7.54. The molecule has 0 aliphatic carbocycles. The lowest BCUT2D eigenvalue weighted by Crippen LogP contribution is -2.47. The second kappa shape index (κ2) is 9.75. The van der Waals surface area contributed by atoms with Gasteiger partial charge in [0.05, 0.1) is 11.3 Å². The van der Waals surface area contributed by atoms with Gasteiger partial charge in [0.2, 0.25) is 10.0 Å². The summed E-state index contributed by atoms with van der Waals surface area (Å²) >= 11 is 0.